The number of carbonyl (C=O) groups excluding carboxylic acids is 1. The molecule has 5 nitrogen and oxygen atoms in total. The van der Waals surface area contributed by atoms with Crippen LogP contribution in [0.4, 0.5) is 0 Å². The summed E-state index contributed by atoms with van der Waals surface area (Å²) in [4.78, 5) is 17.9. The summed E-state index contributed by atoms with van der Waals surface area (Å²) >= 11 is 0. The second-order valence-electron chi connectivity index (χ2n) is 8.26. The van der Waals surface area contributed by atoms with Gasteiger partial charge in [-0.3, -0.25) is 14.4 Å². The zero-order valence-corrected chi connectivity index (χ0v) is 18.6. The minimum atomic E-state index is 0.0880. The van der Waals surface area contributed by atoms with E-state index in [2.05, 4.69) is 55.1 Å². The lowest BCUT2D eigenvalue weighted by molar-refractivity contribution is 0.0638. The van der Waals surface area contributed by atoms with Crippen LogP contribution in [-0.4, -0.2) is 58.2 Å². The van der Waals surface area contributed by atoms with Crippen LogP contribution < -0.4 is 0 Å². The predicted molar refractivity (Wildman–Crippen MR) is 125 cm³/mol. The standard InChI is InChI=1S/C26H32N4O/c1-3-14-28-15-17-29(18-16-28)26(31)24-20-30(19-22-8-6-5-7-9-22)27-25(24)23-12-10-21(4-2)11-13-23/h5-13,20H,3-4,14-19H2,1-2H3. The second-order valence-corrected chi connectivity index (χ2v) is 8.26. The van der Waals surface area contributed by atoms with Gasteiger partial charge in [0.15, 0.2) is 0 Å². The molecule has 31 heavy (non-hydrogen) atoms. The highest BCUT2D eigenvalue weighted by atomic mass is 16.2. The van der Waals surface area contributed by atoms with E-state index in [0.717, 1.165) is 56.8 Å². The Kier molecular flexibility index (Phi) is 6.82. The van der Waals surface area contributed by atoms with Crippen molar-refractivity contribution in [3.8, 4) is 11.3 Å². The van der Waals surface area contributed by atoms with Crippen LogP contribution in [0, 0.1) is 0 Å². The quantitative estimate of drug-likeness (QED) is 0.576. The third-order valence-electron chi connectivity index (χ3n) is 6.01. The highest BCUT2D eigenvalue weighted by Gasteiger charge is 2.26. The van der Waals surface area contributed by atoms with Crippen LogP contribution in [0.2, 0.25) is 0 Å². The Hall–Kier alpha value is -2.92. The zero-order valence-electron chi connectivity index (χ0n) is 18.6. The molecule has 0 bridgehead atoms. The molecular formula is C26H32N4O. The number of aromatic nitrogens is 2. The molecule has 3 aromatic rings. The third-order valence-corrected chi connectivity index (χ3v) is 6.01. The van der Waals surface area contributed by atoms with E-state index in [1.807, 2.05) is 34.0 Å². The second kappa shape index (κ2) is 9.92. The summed E-state index contributed by atoms with van der Waals surface area (Å²) in [5, 5.41) is 4.85. The lowest BCUT2D eigenvalue weighted by Crippen LogP contribution is -2.48. The van der Waals surface area contributed by atoms with E-state index in [9.17, 15) is 4.79 Å². The number of rotatable bonds is 7. The molecular weight excluding hydrogens is 384 g/mol. The Labute approximate surface area is 185 Å². The molecule has 1 aliphatic rings. The van der Waals surface area contributed by atoms with E-state index < -0.39 is 0 Å². The third kappa shape index (κ3) is 5.05. The number of benzene rings is 2. The summed E-state index contributed by atoms with van der Waals surface area (Å²) in [5.41, 5.74) is 4.93. The van der Waals surface area contributed by atoms with Crippen molar-refractivity contribution < 1.29 is 4.79 Å². The van der Waals surface area contributed by atoms with Crippen LogP contribution in [0.3, 0.4) is 0 Å². The van der Waals surface area contributed by atoms with Crippen molar-refractivity contribution in [2.45, 2.75) is 33.2 Å². The zero-order chi connectivity index (χ0) is 21.6. The molecule has 5 heteroatoms. The van der Waals surface area contributed by atoms with Gasteiger partial charge in [-0.15, -0.1) is 0 Å². The molecule has 0 saturated carbocycles. The molecule has 1 aromatic heterocycles. The maximum Gasteiger partial charge on any atom is 0.257 e. The molecule has 1 amide bonds. The van der Waals surface area contributed by atoms with Gasteiger partial charge < -0.3 is 4.90 Å². The van der Waals surface area contributed by atoms with E-state index in [1.54, 1.807) is 0 Å². The Morgan fingerprint density at radius 2 is 1.61 bits per heavy atom. The smallest absolute Gasteiger partial charge is 0.257 e. The van der Waals surface area contributed by atoms with Crippen molar-refractivity contribution in [3.05, 3.63) is 77.5 Å². The molecule has 0 radical (unpaired) electrons. The van der Waals surface area contributed by atoms with E-state index in [-0.39, 0.29) is 5.91 Å². The van der Waals surface area contributed by atoms with E-state index in [4.69, 9.17) is 5.10 Å². The maximum atomic E-state index is 13.5. The monoisotopic (exact) mass is 416 g/mol. The highest BCUT2D eigenvalue weighted by molar-refractivity contribution is 5.99. The van der Waals surface area contributed by atoms with Crippen LogP contribution in [0.5, 0.6) is 0 Å². The molecule has 0 atom stereocenters. The Bertz CT molecular complexity index is 986. The van der Waals surface area contributed by atoms with E-state index in [0.29, 0.717) is 12.1 Å². The summed E-state index contributed by atoms with van der Waals surface area (Å²) in [7, 11) is 0. The number of hydrogen-bond acceptors (Lipinski definition) is 3. The number of nitrogens with zero attached hydrogens (tertiary/aromatic N) is 4. The Morgan fingerprint density at radius 1 is 0.903 bits per heavy atom. The SMILES string of the molecule is CCCN1CCN(C(=O)c2cn(Cc3ccccc3)nc2-c2ccc(CC)cc2)CC1. The van der Waals surface area contributed by atoms with Crippen LogP contribution in [-0.2, 0) is 13.0 Å². The normalized spacial score (nSPS) is 14.7. The molecule has 2 heterocycles. The molecule has 0 N–H and O–H groups in total. The molecule has 1 saturated heterocycles. The average Bonchev–Trinajstić information content (AvgIpc) is 3.24. The minimum absolute atomic E-state index is 0.0880. The Morgan fingerprint density at radius 3 is 2.26 bits per heavy atom. The fourth-order valence-electron chi connectivity index (χ4n) is 4.20. The lowest BCUT2D eigenvalue weighted by Gasteiger charge is -2.34. The summed E-state index contributed by atoms with van der Waals surface area (Å²) in [5.74, 6) is 0.0880. The molecule has 162 valence electrons. The molecule has 0 aliphatic carbocycles. The summed E-state index contributed by atoms with van der Waals surface area (Å²) in [6.45, 7) is 9.54. The highest BCUT2D eigenvalue weighted by Crippen LogP contribution is 2.25. The van der Waals surface area contributed by atoms with Gasteiger partial charge in [-0.1, -0.05) is 68.4 Å². The van der Waals surface area contributed by atoms with Gasteiger partial charge in [-0.05, 0) is 30.5 Å². The number of hydrogen-bond donors (Lipinski definition) is 0. The molecule has 0 unspecified atom stereocenters. The molecule has 0 spiro atoms. The maximum absolute atomic E-state index is 13.5. The van der Waals surface area contributed by atoms with Crippen molar-refractivity contribution in [3.63, 3.8) is 0 Å². The fourth-order valence-corrected chi connectivity index (χ4v) is 4.20. The van der Waals surface area contributed by atoms with Gasteiger partial charge in [-0.25, -0.2) is 0 Å². The number of aryl methyl sites for hydroxylation is 1. The first kappa shape index (κ1) is 21.3. The minimum Gasteiger partial charge on any atom is -0.336 e. The number of piperazine rings is 1. The van der Waals surface area contributed by atoms with Crippen LogP contribution >= 0.6 is 0 Å². The van der Waals surface area contributed by atoms with Crippen molar-refractivity contribution in [1.29, 1.82) is 0 Å². The van der Waals surface area contributed by atoms with Gasteiger partial charge in [0.1, 0.15) is 5.69 Å². The fraction of sp³-hybridized carbons (Fsp3) is 0.385. The first-order valence-electron chi connectivity index (χ1n) is 11.4. The molecule has 1 fully saturated rings. The van der Waals surface area contributed by atoms with Gasteiger partial charge in [0.25, 0.3) is 5.91 Å². The summed E-state index contributed by atoms with van der Waals surface area (Å²) in [6.07, 6.45) is 4.07. The van der Waals surface area contributed by atoms with Gasteiger partial charge in [0.2, 0.25) is 0 Å². The summed E-state index contributed by atoms with van der Waals surface area (Å²) < 4.78 is 1.90. The predicted octanol–water partition coefficient (Wildman–Crippen LogP) is 4.33. The molecule has 4 rings (SSSR count). The Balaban J connectivity index is 1.61. The largest absolute Gasteiger partial charge is 0.336 e. The number of amides is 1. The molecule has 1 aliphatic heterocycles. The van der Waals surface area contributed by atoms with Crippen molar-refractivity contribution in [2.24, 2.45) is 0 Å². The van der Waals surface area contributed by atoms with E-state index in [1.165, 1.54) is 11.1 Å². The van der Waals surface area contributed by atoms with Crippen molar-refractivity contribution >= 4 is 5.91 Å². The van der Waals surface area contributed by atoms with Gasteiger partial charge in [0, 0.05) is 37.9 Å². The average molecular weight is 417 g/mol. The lowest BCUT2D eigenvalue weighted by atomic mass is 10.0. The van der Waals surface area contributed by atoms with Crippen LogP contribution in [0.1, 0.15) is 41.8 Å². The van der Waals surface area contributed by atoms with Gasteiger partial charge >= 0.3 is 0 Å². The van der Waals surface area contributed by atoms with E-state index >= 15 is 0 Å². The van der Waals surface area contributed by atoms with Crippen molar-refractivity contribution in [2.75, 3.05) is 32.7 Å². The van der Waals surface area contributed by atoms with Gasteiger partial charge in [0.05, 0.1) is 12.1 Å². The summed E-state index contributed by atoms with van der Waals surface area (Å²) in [6, 6.07) is 18.7. The van der Waals surface area contributed by atoms with Crippen LogP contribution in [0.15, 0.2) is 60.8 Å². The van der Waals surface area contributed by atoms with Crippen molar-refractivity contribution in [1.82, 2.24) is 19.6 Å². The number of carbonyl (C=O) groups is 1. The van der Waals surface area contributed by atoms with Gasteiger partial charge in [-0.2, -0.15) is 5.10 Å². The van der Waals surface area contributed by atoms with Crippen LogP contribution in [0.25, 0.3) is 11.3 Å². The topological polar surface area (TPSA) is 41.4 Å². The first-order chi connectivity index (χ1) is 15.2. The first-order valence-corrected chi connectivity index (χ1v) is 11.4. The molecule has 2 aromatic carbocycles.